The summed E-state index contributed by atoms with van der Waals surface area (Å²) in [5.41, 5.74) is 5.28. The van der Waals surface area contributed by atoms with Gasteiger partial charge in [-0.05, 0) is 5.73 Å². The van der Waals surface area contributed by atoms with Gasteiger partial charge in [0.2, 0.25) is 0 Å². The summed E-state index contributed by atoms with van der Waals surface area (Å²) in [7, 11) is 0.775. The van der Waals surface area contributed by atoms with Crippen molar-refractivity contribution in [3.8, 4) is 0 Å². The summed E-state index contributed by atoms with van der Waals surface area (Å²) in [6, 6.07) is 0. The zero-order valence-electron chi connectivity index (χ0n) is 2.43. The molecule has 0 fully saturated rings. The molecule has 0 saturated carbocycles. The third-order valence-electron chi connectivity index (χ3n) is 0.275. The second kappa shape index (κ2) is 1.10. The fourth-order valence-corrected chi connectivity index (χ4v) is 0.395. The van der Waals surface area contributed by atoms with Crippen molar-refractivity contribution in [2.75, 3.05) is 0 Å². The molecule has 0 radical (unpaired) electrons. The SMILES string of the molecule is C1=C=POC=1. The molecule has 0 atom stereocenters. The van der Waals surface area contributed by atoms with Crippen LogP contribution in [0.15, 0.2) is 12.0 Å². The Balaban J connectivity index is 3.17. The minimum absolute atomic E-state index is 0.775. The molecule has 0 aromatic carbocycles. The van der Waals surface area contributed by atoms with Crippen LogP contribution in [-0.2, 0) is 4.52 Å². The Morgan fingerprint density at radius 3 is 3.00 bits per heavy atom. The van der Waals surface area contributed by atoms with Gasteiger partial charge in [-0.1, -0.05) is 0 Å². The van der Waals surface area contributed by atoms with E-state index in [0.717, 1.165) is 8.43 Å². The van der Waals surface area contributed by atoms with Crippen molar-refractivity contribution in [3.63, 3.8) is 0 Å². The highest BCUT2D eigenvalue weighted by molar-refractivity contribution is 7.32. The molecule has 0 aromatic heterocycles. The Labute approximate surface area is 31.5 Å². The fourth-order valence-electron chi connectivity index (χ4n) is 0.132. The Morgan fingerprint density at radius 1 is 1.80 bits per heavy atom. The lowest BCUT2D eigenvalue weighted by Crippen LogP contribution is -1.36. The maximum Gasteiger partial charge on any atom is 0.187 e. The molecule has 0 unspecified atom stereocenters. The lowest BCUT2D eigenvalue weighted by atomic mass is 11.0. The van der Waals surface area contributed by atoms with Crippen molar-refractivity contribution in [1.82, 2.24) is 0 Å². The van der Waals surface area contributed by atoms with Gasteiger partial charge in [0.25, 0.3) is 0 Å². The molecule has 1 aliphatic rings. The third-order valence-corrected chi connectivity index (χ3v) is 0.706. The second-order valence-corrected chi connectivity index (χ2v) is 1.19. The molecule has 0 saturated heterocycles. The zero-order chi connectivity index (χ0) is 3.54. The lowest BCUT2D eigenvalue weighted by molar-refractivity contribution is 0.567. The van der Waals surface area contributed by atoms with Crippen molar-refractivity contribution < 1.29 is 4.52 Å². The summed E-state index contributed by atoms with van der Waals surface area (Å²) in [4.78, 5) is 0. The van der Waals surface area contributed by atoms with Gasteiger partial charge >= 0.3 is 0 Å². The molecule has 0 bridgehead atoms. The zero-order valence-corrected chi connectivity index (χ0v) is 3.33. The topological polar surface area (TPSA) is 9.23 Å². The highest BCUT2D eigenvalue weighted by Crippen LogP contribution is 1.96. The van der Waals surface area contributed by atoms with Crippen molar-refractivity contribution in [3.05, 3.63) is 12.0 Å². The van der Waals surface area contributed by atoms with E-state index in [0.29, 0.717) is 0 Å². The van der Waals surface area contributed by atoms with Gasteiger partial charge in [-0.3, -0.25) is 0 Å². The third kappa shape index (κ3) is 0.403. The van der Waals surface area contributed by atoms with Crippen molar-refractivity contribution >= 4 is 13.9 Å². The van der Waals surface area contributed by atoms with Crippen LogP contribution < -0.4 is 0 Å². The van der Waals surface area contributed by atoms with Crippen LogP contribution in [0.4, 0.5) is 0 Å². The van der Waals surface area contributed by atoms with Crippen LogP contribution in [0.3, 0.4) is 0 Å². The molecular formula is C3HOP. The molecule has 24 valence electrons. The lowest BCUT2D eigenvalue weighted by Gasteiger charge is -1.66. The highest BCUT2D eigenvalue weighted by Gasteiger charge is 1.65. The number of hydrogen-bond acceptors (Lipinski definition) is 1. The monoisotopic (exact) mass is 84.0 g/mol. The average molecular weight is 84.0 g/mol. The van der Waals surface area contributed by atoms with E-state index in [4.69, 9.17) is 0 Å². The van der Waals surface area contributed by atoms with E-state index in [1.165, 1.54) is 6.26 Å². The van der Waals surface area contributed by atoms with Crippen LogP contribution in [0, 0.1) is 0 Å². The predicted octanol–water partition coefficient (Wildman–Crippen LogP) is 0.948. The van der Waals surface area contributed by atoms with Gasteiger partial charge in [-0.2, -0.15) is 0 Å². The van der Waals surface area contributed by atoms with Crippen molar-refractivity contribution in [2.24, 2.45) is 0 Å². The Hall–Kier alpha value is -0.470. The average Bonchev–Trinajstić information content (AvgIpc) is 1.76. The molecule has 0 N–H and O–H groups in total. The molecule has 0 amide bonds. The van der Waals surface area contributed by atoms with Crippen molar-refractivity contribution in [2.45, 2.75) is 0 Å². The molecule has 2 heteroatoms. The van der Waals surface area contributed by atoms with Crippen LogP contribution in [0.5, 0.6) is 0 Å². The quantitative estimate of drug-likeness (QED) is 0.313. The summed E-state index contributed by atoms with van der Waals surface area (Å²) in [5.74, 6) is 0. The normalized spacial score (nSPS) is 16.0. The van der Waals surface area contributed by atoms with E-state index in [1.54, 1.807) is 0 Å². The maximum atomic E-state index is 4.57. The summed E-state index contributed by atoms with van der Waals surface area (Å²) in [5, 5.41) is 0. The van der Waals surface area contributed by atoms with Crippen LogP contribution in [0.1, 0.15) is 0 Å². The van der Waals surface area contributed by atoms with Crippen molar-refractivity contribution in [1.29, 1.82) is 0 Å². The summed E-state index contributed by atoms with van der Waals surface area (Å²) in [6.07, 6.45) is 1.49. The van der Waals surface area contributed by atoms with E-state index in [9.17, 15) is 0 Å². The fraction of sp³-hybridized carbons (Fsp3) is 0. The van der Waals surface area contributed by atoms with Gasteiger partial charge < -0.3 is 4.52 Å². The first-order chi connectivity index (χ1) is 2.50. The molecule has 0 aliphatic carbocycles. The molecule has 1 rings (SSSR count). The number of rotatable bonds is 0. The molecule has 0 spiro atoms. The van der Waals surface area contributed by atoms with E-state index in [-0.39, 0.29) is 0 Å². The van der Waals surface area contributed by atoms with Crippen LogP contribution >= 0.6 is 8.43 Å². The first kappa shape index (κ1) is 2.75. The first-order valence-electron chi connectivity index (χ1n) is 1.18. The molecule has 1 heterocycles. The van der Waals surface area contributed by atoms with Gasteiger partial charge in [0.05, 0.1) is 0 Å². The van der Waals surface area contributed by atoms with Gasteiger partial charge in [-0.25, -0.2) is 0 Å². The van der Waals surface area contributed by atoms with Crippen LogP contribution in [0.2, 0.25) is 0 Å². The minimum atomic E-state index is 0.775. The predicted molar refractivity (Wildman–Crippen MR) is 21.1 cm³/mol. The largest absolute Gasteiger partial charge is 0.429 e. The van der Waals surface area contributed by atoms with E-state index >= 15 is 0 Å². The van der Waals surface area contributed by atoms with E-state index in [1.807, 2.05) is 0 Å². The number of hydrogen-bond donors (Lipinski definition) is 0. The molecule has 1 nitrogen and oxygen atoms in total. The van der Waals surface area contributed by atoms with Gasteiger partial charge in [-0.15, -0.1) is 0 Å². The summed E-state index contributed by atoms with van der Waals surface area (Å²) in [6.45, 7) is 0. The summed E-state index contributed by atoms with van der Waals surface area (Å²) < 4.78 is 4.57. The smallest absolute Gasteiger partial charge is 0.187 e. The Bertz CT molecular complexity index is 101. The minimum Gasteiger partial charge on any atom is -0.429 e. The molecule has 0 aromatic rings. The molecular weight excluding hydrogens is 83.0 g/mol. The van der Waals surface area contributed by atoms with Gasteiger partial charge in [0.15, 0.2) is 8.43 Å². The Morgan fingerprint density at radius 2 is 2.80 bits per heavy atom. The van der Waals surface area contributed by atoms with Gasteiger partial charge in [0.1, 0.15) is 6.26 Å². The molecule has 5 heavy (non-hydrogen) atoms. The highest BCUT2D eigenvalue weighted by atomic mass is 31.1. The van der Waals surface area contributed by atoms with E-state index < -0.39 is 0 Å². The maximum absolute atomic E-state index is 4.57. The molecule has 1 aliphatic heterocycles. The summed E-state index contributed by atoms with van der Waals surface area (Å²) >= 11 is 0. The standard InChI is InChI=1S/C3HOP/c1-2-4-5-3-1/h2H. The first-order valence-corrected chi connectivity index (χ1v) is 1.99. The van der Waals surface area contributed by atoms with Crippen LogP contribution in [-0.4, -0.2) is 5.45 Å². The van der Waals surface area contributed by atoms with E-state index in [2.05, 4.69) is 15.7 Å². The Kier molecular flexibility index (Phi) is 0.606. The second-order valence-electron chi connectivity index (χ2n) is 0.571. The van der Waals surface area contributed by atoms with Crippen LogP contribution in [0.25, 0.3) is 0 Å². The van der Waals surface area contributed by atoms with Gasteiger partial charge in [0, 0.05) is 5.45 Å².